The van der Waals surface area contributed by atoms with Gasteiger partial charge in [0.05, 0.1) is 12.2 Å². The lowest BCUT2D eigenvalue weighted by molar-refractivity contribution is -0.135. The van der Waals surface area contributed by atoms with E-state index >= 15 is 0 Å². The summed E-state index contributed by atoms with van der Waals surface area (Å²) in [5, 5.41) is 4.07. The maximum Gasteiger partial charge on any atom is 0.244 e. The predicted octanol–water partition coefficient (Wildman–Crippen LogP) is 3.31. The Morgan fingerprint density at radius 2 is 1.81 bits per heavy atom. The van der Waals surface area contributed by atoms with Crippen LogP contribution in [0.3, 0.4) is 0 Å². The number of hydrogen-bond acceptors (Lipinski definition) is 5. The topological polar surface area (TPSA) is 62.5 Å². The molecule has 0 radical (unpaired) electrons. The molecule has 140 valence electrons. The van der Waals surface area contributed by atoms with Crippen molar-refractivity contribution in [3.8, 4) is 11.4 Å². The van der Waals surface area contributed by atoms with Crippen molar-refractivity contribution in [1.29, 1.82) is 0 Å². The van der Waals surface area contributed by atoms with Crippen molar-refractivity contribution in [2.24, 2.45) is 0 Å². The van der Waals surface area contributed by atoms with Crippen LogP contribution in [0.1, 0.15) is 22.9 Å². The molecule has 0 saturated heterocycles. The number of nitrogens with zero attached hydrogens (tertiary/aromatic N) is 4. The molecule has 2 heterocycles. The lowest BCUT2D eigenvalue weighted by atomic mass is 9.99. The Labute approximate surface area is 159 Å². The molecule has 1 aromatic carbocycles. The number of rotatable bonds is 6. The van der Waals surface area contributed by atoms with Gasteiger partial charge in [-0.25, -0.2) is 0 Å². The number of pyridine rings is 1. The fourth-order valence-electron chi connectivity index (χ4n) is 3.07. The quantitative estimate of drug-likeness (QED) is 0.671. The number of carbonyl (C=O) groups is 1. The van der Waals surface area contributed by atoms with Crippen LogP contribution in [0.5, 0.6) is 0 Å². The molecule has 1 atom stereocenters. The number of hydrogen-bond donors (Lipinski definition) is 0. The van der Waals surface area contributed by atoms with E-state index in [4.69, 9.17) is 4.52 Å². The zero-order chi connectivity index (χ0) is 19.4. The third-order valence-electron chi connectivity index (χ3n) is 4.49. The van der Waals surface area contributed by atoms with Gasteiger partial charge in [-0.2, -0.15) is 0 Å². The Morgan fingerprint density at radius 1 is 1.07 bits per heavy atom. The maximum atomic E-state index is 13.1. The number of aromatic nitrogens is 2. The van der Waals surface area contributed by atoms with Gasteiger partial charge >= 0.3 is 0 Å². The second kappa shape index (κ2) is 8.14. The SMILES string of the molecule is Cc1ccccc1[C@H](C(=O)N(C)Cc1cc(-c2ccccn2)no1)N(C)C. The molecule has 0 aliphatic heterocycles. The van der Waals surface area contributed by atoms with Gasteiger partial charge in [-0.05, 0) is 44.3 Å². The first-order valence-corrected chi connectivity index (χ1v) is 8.81. The standard InChI is InChI=1S/C21H24N4O2/c1-15-9-5-6-10-17(15)20(24(2)3)21(26)25(4)14-16-13-19(23-27-16)18-11-7-8-12-22-18/h5-13,20H,14H2,1-4H3/t20-/m1/s1. The van der Waals surface area contributed by atoms with Crippen molar-refractivity contribution in [3.05, 3.63) is 71.6 Å². The van der Waals surface area contributed by atoms with Crippen LogP contribution < -0.4 is 0 Å². The Kier molecular flexibility index (Phi) is 5.66. The van der Waals surface area contributed by atoms with E-state index in [0.717, 1.165) is 16.8 Å². The van der Waals surface area contributed by atoms with Crippen molar-refractivity contribution in [3.63, 3.8) is 0 Å². The second-order valence-corrected chi connectivity index (χ2v) is 6.81. The zero-order valence-corrected chi connectivity index (χ0v) is 16.1. The molecule has 0 aliphatic rings. The largest absolute Gasteiger partial charge is 0.359 e. The predicted molar refractivity (Wildman–Crippen MR) is 104 cm³/mol. The summed E-state index contributed by atoms with van der Waals surface area (Å²) in [5.74, 6) is 0.624. The molecule has 0 aliphatic carbocycles. The van der Waals surface area contributed by atoms with Crippen LogP contribution in [0.25, 0.3) is 11.4 Å². The summed E-state index contributed by atoms with van der Waals surface area (Å²) >= 11 is 0. The van der Waals surface area contributed by atoms with Crippen molar-refractivity contribution in [1.82, 2.24) is 19.9 Å². The van der Waals surface area contributed by atoms with Gasteiger partial charge in [0.15, 0.2) is 5.76 Å². The summed E-state index contributed by atoms with van der Waals surface area (Å²) in [7, 11) is 5.60. The first-order valence-electron chi connectivity index (χ1n) is 8.81. The number of likely N-dealkylation sites (N-methyl/N-ethyl adjacent to an activating group) is 2. The Bertz CT molecular complexity index is 905. The van der Waals surface area contributed by atoms with Crippen LogP contribution in [-0.2, 0) is 11.3 Å². The van der Waals surface area contributed by atoms with Gasteiger partial charge in [-0.15, -0.1) is 0 Å². The minimum absolute atomic E-state index is 0.00471. The van der Waals surface area contributed by atoms with Gasteiger partial charge in [-0.3, -0.25) is 14.7 Å². The van der Waals surface area contributed by atoms with E-state index in [-0.39, 0.29) is 11.9 Å². The molecule has 0 unspecified atom stereocenters. The molecule has 1 amide bonds. The van der Waals surface area contributed by atoms with Gasteiger partial charge in [0.2, 0.25) is 5.91 Å². The summed E-state index contributed by atoms with van der Waals surface area (Å²) in [6.07, 6.45) is 1.71. The third-order valence-corrected chi connectivity index (χ3v) is 4.49. The molecule has 3 rings (SSSR count). The number of benzene rings is 1. The lowest BCUT2D eigenvalue weighted by Crippen LogP contribution is -2.38. The Balaban J connectivity index is 1.77. The summed E-state index contributed by atoms with van der Waals surface area (Å²) in [6, 6.07) is 15.1. The summed E-state index contributed by atoms with van der Waals surface area (Å²) < 4.78 is 5.41. The molecule has 0 saturated carbocycles. The molecule has 3 aromatic rings. The molecular weight excluding hydrogens is 340 g/mol. The van der Waals surface area contributed by atoms with Crippen molar-refractivity contribution >= 4 is 5.91 Å². The average molecular weight is 364 g/mol. The number of amides is 1. The highest BCUT2D eigenvalue weighted by Gasteiger charge is 2.27. The first kappa shape index (κ1) is 18.8. The van der Waals surface area contributed by atoms with E-state index in [2.05, 4.69) is 10.1 Å². The van der Waals surface area contributed by atoms with Crippen molar-refractivity contribution in [2.75, 3.05) is 21.1 Å². The molecule has 0 fully saturated rings. The highest BCUT2D eigenvalue weighted by atomic mass is 16.5. The Morgan fingerprint density at radius 3 is 2.48 bits per heavy atom. The van der Waals surface area contributed by atoms with Crippen LogP contribution in [0.2, 0.25) is 0 Å². The molecule has 0 N–H and O–H groups in total. The lowest BCUT2D eigenvalue weighted by Gasteiger charge is -2.29. The highest BCUT2D eigenvalue weighted by Crippen LogP contribution is 2.25. The van der Waals surface area contributed by atoms with Gasteiger partial charge in [0.1, 0.15) is 11.7 Å². The fraction of sp³-hybridized carbons (Fsp3) is 0.286. The summed E-state index contributed by atoms with van der Waals surface area (Å²) in [5.41, 5.74) is 3.50. The molecule has 0 bridgehead atoms. The van der Waals surface area contributed by atoms with Gasteiger partial charge in [-0.1, -0.05) is 35.5 Å². The molecular formula is C21H24N4O2. The Hall–Kier alpha value is -2.99. The molecule has 0 spiro atoms. The van der Waals surface area contributed by atoms with E-state index in [1.165, 1.54) is 0 Å². The van der Waals surface area contributed by atoms with Crippen LogP contribution in [0.15, 0.2) is 59.3 Å². The monoisotopic (exact) mass is 364 g/mol. The zero-order valence-electron chi connectivity index (χ0n) is 16.1. The molecule has 6 heteroatoms. The van der Waals surface area contributed by atoms with Crippen LogP contribution in [-0.4, -0.2) is 47.0 Å². The summed E-state index contributed by atoms with van der Waals surface area (Å²) in [6.45, 7) is 2.36. The highest BCUT2D eigenvalue weighted by molar-refractivity contribution is 5.83. The van der Waals surface area contributed by atoms with E-state index in [9.17, 15) is 4.79 Å². The number of carbonyl (C=O) groups excluding carboxylic acids is 1. The third kappa shape index (κ3) is 4.23. The van der Waals surface area contributed by atoms with E-state index in [1.807, 2.05) is 74.4 Å². The second-order valence-electron chi connectivity index (χ2n) is 6.81. The molecule has 6 nitrogen and oxygen atoms in total. The molecule has 27 heavy (non-hydrogen) atoms. The smallest absolute Gasteiger partial charge is 0.244 e. The average Bonchev–Trinajstić information content (AvgIpc) is 3.12. The number of aryl methyl sites for hydroxylation is 1. The summed E-state index contributed by atoms with van der Waals surface area (Å²) in [4.78, 5) is 21.0. The fourth-order valence-corrected chi connectivity index (χ4v) is 3.07. The molecule has 2 aromatic heterocycles. The van der Waals surface area contributed by atoms with Gasteiger partial charge < -0.3 is 9.42 Å². The van der Waals surface area contributed by atoms with E-state index in [0.29, 0.717) is 18.0 Å². The van der Waals surface area contributed by atoms with E-state index in [1.54, 1.807) is 18.1 Å². The van der Waals surface area contributed by atoms with Crippen LogP contribution >= 0.6 is 0 Å². The van der Waals surface area contributed by atoms with Crippen LogP contribution in [0, 0.1) is 6.92 Å². The van der Waals surface area contributed by atoms with Gasteiger partial charge in [0, 0.05) is 19.3 Å². The maximum absolute atomic E-state index is 13.1. The van der Waals surface area contributed by atoms with Crippen molar-refractivity contribution in [2.45, 2.75) is 19.5 Å². The minimum Gasteiger partial charge on any atom is -0.359 e. The van der Waals surface area contributed by atoms with Crippen LogP contribution in [0.4, 0.5) is 0 Å². The minimum atomic E-state index is -0.352. The van der Waals surface area contributed by atoms with Crippen molar-refractivity contribution < 1.29 is 9.32 Å². The normalized spacial score (nSPS) is 12.2. The van der Waals surface area contributed by atoms with Gasteiger partial charge in [0.25, 0.3) is 0 Å². The van der Waals surface area contributed by atoms with E-state index < -0.39 is 0 Å². The first-order chi connectivity index (χ1) is 13.0.